The molecule has 1 heterocycles. The van der Waals surface area contributed by atoms with Crippen LogP contribution >= 0.6 is 11.8 Å². The maximum absolute atomic E-state index is 12.2. The minimum absolute atomic E-state index is 0.00741. The summed E-state index contributed by atoms with van der Waals surface area (Å²) in [5.41, 5.74) is 0. The molecule has 1 N–H and O–H groups in total. The van der Waals surface area contributed by atoms with E-state index in [4.69, 9.17) is 9.16 Å². The summed E-state index contributed by atoms with van der Waals surface area (Å²) in [5.74, 6) is 1.27. The van der Waals surface area contributed by atoms with Crippen LogP contribution in [0.3, 0.4) is 0 Å². The molecule has 0 spiro atoms. The van der Waals surface area contributed by atoms with Crippen molar-refractivity contribution in [3.63, 3.8) is 0 Å². The van der Waals surface area contributed by atoms with Gasteiger partial charge in [-0.25, -0.2) is 0 Å². The first-order valence-corrected chi connectivity index (χ1v) is 13.2. The monoisotopic (exact) mass is 389 g/mol. The molecule has 0 bridgehead atoms. The lowest BCUT2D eigenvalue weighted by Gasteiger charge is -2.45. The van der Waals surface area contributed by atoms with Crippen molar-refractivity contribution in [2.24, 2.45) is 5.92 Å². The van der Waals surface area contributed by atoms with E-state index in [1.165, 1.54) is 0 Å². The zero-order valence-electron chi connectivity index (χ0n) is 16.8. The first-order valence-electron chi connectivity index (χ1n) is 9.15. The molecular formula is C18H35NO4SSi. The molecule has 1 aliphatic heterocycles. The van der Waals surface area contributed by atoms with Crippen molar-refractivity contribution in [1.82, 2.24) is 5.32 Å². The second-order valence-electron chi connectivity index (χ2n) is 8.22. The highest BCUT2D eigenvalue weighted by Crippen LogP contribution is 2.39. The molecule has 1 amide bonds. The first-order chi connectivity index (χ1) is 11.5. The van der Waals surface area contributed by atoms with Crippen LogP contribution < -0.4 is 5.32 Å². The lowest BCUT2D eigenvalue weighted by Crippen LogP contribution is -2.64. The molecule has 1 fully saturated rings. The predicted octanol–water partition coefficient (Wildman–Crippen LogP) is 3.24. The largest absolute Gasteiger partial charge is 0.413 e. The average Bonchev–Trinajstić information content (AvgIpc) is 2.44. The van der Waals surface area contributed by atoms with Crippen LogP contribution in [0.5, 0.6) is 0 Å². The normalized spacial score (nSPS) is 22.3. The van der Waals surface area contributed by atoms with Crippen molar-refractivity contribution >= 4 is 31.8 Å². The van der Waals surface area contributed by atoms with Gasteiger partial charge in [0.25, 0.3) is 0 Å². The van der Waals surface area contributed by atoms with Crippen LogP contribution in [-0.2, 0) is 18.8 Å². The molecule has 0 aromatic rings. The van der Waals surface area contributed by atoms with Gasteiger partial charge in [-0.05, 0) is 32.0 Å². The predicted molar refractivity (Wildman–Crippen MR) is 107 cm³/mol. The van der Waals surface area contributed by atoms with Crippen LogP contribution in [-0.4, -0.2) is 56.9 Å². The van der Waals surface area contributed by atoms with Crippen LogP contribution in [0.25, 0.3) is 0 Å². The number of hydrogen-bond acceptors (Lipinski definition) is 5. The van der Waals surface area contributed by atoms with Gasteiger partial charge in [-0.2, -0.15) is 11.8 Å². The number of carbonyl (C=O) groups is 2. The van der Waals surface area contributed by atoms with Gasteiger partial charge in [0.15, 0.2) is 8.32 Å². The lowest BCUT2D eigenvalue weighted by atomic mass is 9.83. The molecule has 5 nitrogen and oxygen atoms in total. The molecule has 7 heteroatoms. The summed E-state index contributed by atoms with van der Waals surface area (Å²) in [6.07, 6.45) is 0.238. The highest BCUT2D eigenvalue weighted by atomic mass is 32.2. The average molecular weight is 390 g/mol. The Morgan fingerprint density at radius 2 is 2.00 bits per heavy atom. The third kappa shape index (κ3) is 6.70. The molecule has 146 valence electrons. The van der Waals surface area contributed by atoms with Crippen molar-refractivity contribution < 1.29 is 18.8 Å². The van der Waals surface area contributed by atoms with E-state index in [1.807, 2.05) is 13.8 Å². The molecule has 0 radical (unpaired) electrons. The number of ketones is 1. The summed E-state index contributed by atoms with van der Waals surface area (Å²) in [5, 5.41) is 2.98. The van der Waals surface area contributed by atoms with Gasteiger partial charge in [0.2, 0.25) is 5.91 Å². The van der Waals surface area contributed by atoms with Crippen molar-refractivity contribution in [2.75, 3.05) is 24.7 Å². The topological polar surface area (TPSA) is 64.6 Å². The Morgan fingerprint density at radius 1 is 1.36 bits per heavy atom. The third-order valence-corrected chi connectivity index (χ3v) is 10.7. The van der Waals surface area contributed by atoms with Gasteiger partial charge < -0.3 is 14.5 Å². The number of carbonyl (C=O) groups excluding carboxylic acids is 2. The smallest absolute Gasteiger partial charge is 0.228 e. The quantitative estimate of drug-likeness (QED) is 0.334. The van der Waals surface area contributed by atoms with E-state index in [1.54, 1.807) is 11.8 Å². The summed E-state index contributed by atoms with van der Waals surface area (Å²) in [4.78, 5) is 24.2. The maximum atomic E-state index is 12.2. The number of amides is 1. The molecule has 3 atom stereocenters. The van der Waals surface area contributed by atoms with Crippen LogP contribution in [0.1, 0.15) is 41.0 Å². The Hall–Kier alpha value is -0.373. The summed E-state index contributed by atoms with van der Waals surface area (Å²) in [7, 11) is -1.93. The van der Waals surface area contributed by atoms with Crippen LogP contribution in [0.2, 0.25) is 18.1 Å². The third-order valence-electron chi connectivity index (χ3n) is 5.14. The summed E-state index contributed by atoms with van der Waals surface area (Å²) < 4.78 is 11.6. The highest BCUT2D eigenvalue weighted by Gasteiger charge is 2.47. The fourth-order valence-corrected chi connectivity index (χ4v) is 4.80. The molecule has 0 saturated carbocycles. The van der Waals surface area contributed by atoms with Crippen molar-refractivity contribution in [2.45, 2.75) is 71.3 Å². The summed E-state index contributed by atoms with van der Waals surface area (Å²) in [6, 6.07) is -0.0905. The van der Waals surface area contributed by atoms with Gasteiger partial charge in [-0.15, -0.1) is 0 Å². The molecule has 1 rings (SSSR count). The van der Waals surface area contributed by atoms with E-state index >= 15 is 0 Å². The Morgan fingerprint density at radius 3 is 2.52 bits per heavy atom. The second kappa shape index (κ2) is 9.53. The van der Waals surface area contributed by atoms with Gasteiger partial charge >= 0.3 is 0 Å². The van der Waals surface area contributed by atoms with Gasteiger partial charge in [0.05, 0.1) is 24.4 Å². The molecule has 0 aromatic carbocycles. The van der Waals surface area contributed by atoms with E-state index in [9.17, 15) is 9.59 Å². The van der Waals surface area contributed by atoms with Crippen molar-refractivity contribution in [3.8, 4) is 0 Å². The highest BCUT2D eigenvalue weighted by molar-refractivity contribution is 7.99. The van der Waals surface area contributed by atoms with Crippen LogP contribution in [0, 0.1) is 5.92 Å². The zero-order valence-corrected chi connectivity index (χ0v) is 18.6. The van der Waals surface area contributed by atoms with Gasteiger partial charge in [0, 0.05) is 24.8 Å². The van der Waals surface area contributed by atoms with Crippen LogP contribution in [0.15, 0.2) is 0 Å². The maximum Gasteiger partial charge on any atom is 0.228 e. The standard InChI is InChI=1S/C18H35NO4SSi/c1-8-22-9-10-24-12-14(20)11-15-16(17(21)19-15)13(2)23-25(6,7)18(3,4)5/h13,15-16H,8-12H2,1-7H3,(H,19,21)/t13-,15+,16+/m0/s1. The molecule has 0 aromatic heterocycles. The number of Topliss-reactive ketones (excluding diaryl/α,β-unsaturated/α-hetero) is 1. The molecule has 0 aliphatic carbocycles. The lowest BCUT2D eigenvalue weighted by molar-refractivity contribution is -0.141. The number of β-lactam (4-membered cyclic amide) rings is 1. The molecule has 1 saturated heterocycles. The van der Waals surface area contributed by atoms with Crippen molar-refractivity contribution in [3.05, 3.63) is 0 Å². The van der Waals surface area contributed by atoms with Crippen molar-refractivity contribution in [1.29, 1.82) is 0 Å². The minimum atomic E-state index is -1.93. The van der Waals surface area contributed by atoms with E-state index in [-0.39, 0.29) is 34.8 Å². The van der Waals surface area contributed by atoms with E-state index < -0.39 is 8.32 Å². The van der Waals surface area contributed by atoms with Gasteiger partial charge in [-0.3, -0.25) is 9.59 Å². The molecule has 0 unspecified atom stereocenters. The fraction of sp³-hybridized carbons (Fsp3) is 0.889. The number of nitrogens with one attached hydrogen (secondary N) is 1. The zero-order chi connectivity index (χ0) is 19.3. The Balaban J connectivity index is 2.46. The molecule has 1 aliphatic rings. The van der Waals surface area contributed by atoms with Gasteiger partial charge in [-0.1, -0.05) is 20.8 Å². The van der Waals surface area contributed by atoms with E-state index in [0.29, 0.717) is 25.4 Å². The first kappa shape index (κ1) is 22.7. The Bertz CT molecular complexity index is 464. The van der Waals surface area contributed by atoms with E-state index in [0.717, 1.165) is 5.75 Å². The fourth-order valence-electron chi connectivity index (χ4n) is 2.64. The number of rotatable bonds is 11. The molecule has 25 heavy (non-hydrogen) atoms. The summed E-state index contributed by atoms with van der Waals surface area (Å²) in [6.45, 7) is 16.3. The Labute approximate surface area is 158 Å². The number of hydrogen-bond donors (Lipinski definition) is 1. The van der Waals surface area contributed by atoms with Gasteiger partial charge in [0.1, 0.15) is 5.78 Å². The minimum Gasteiger partial charge on any atom is -0.413 e. The SMILES string of the molecule is CCOCCSCC(=O)C[C@H]1NC(=O)[C@@H]1[C@H](C)O[Si](C)(C)C(C)(C)C. The number of ether oxygens (including phenoxy) is 1. The number of thioether (sulfide) groups is 1. The van der Waals surface area contributed by atoms with Crippen LogP contribution in [0.4, 0.5) is 0 Å². The molecular weight excluding hydrogens is 354 g/mol. The summed E-state index contributed by atoms with van der Waals surface area (Å²) >= 11 is 1.59. The Kier molecular flexibility index (Phi) is 8.64. The van der Waals surface area contributed by atoms with E-state index in [2.05, 4.69) is 39.2 Å². The second-order valence-corrected chi connectivity index (χ2v) is 14.1.